The summed E-state index contributed by atoms with van der Waals surface area (Å²) in [5.74, 6) is -1.45. The van der Waals surface area contributed by atoms with Gasteiger partial charge in [-0.15, -0.1) is 0 Å². The zero-order chi connectivity index (χ0) is 21.5. The number of nitrogens with zero attached hydrogens (tertiary/aromatic N) is 2. The van der Waals surface area contributed by atoms with Gasteiger partial charge in [0.2, 0.25) is 0 Å². The van der Waals surface area contributed by atoms with Crippen molar-refractivity contribution in [1.29, 1.82) is 0 Å². The first kappa shape index (κ1) is 21.5. The maximum Gasteiger partial charge on any atom is 0.316 e. The number of ether oxygens (including phenoxy) is 1. The van der Waals surface area contributed by atoms with Gasteiger partial charge >= 0.3 is 5.97 Å². The zero-order valence-electron chi connectivity index (χ0n) is 15.5. The number of hydrogen-bond donors (Lipinski definition) is 2. The number of rotatable bonds is 7. The monoisotopic (exact) mass is 446 g/mol. The van der Waals surface area contributed by atoms with Crippen LogP contribution >= 0.6 is 23.4 Å². The van der Waals surface area contributed by atoms with Crippen LogP contribution in [-0.2, 0) is 16.1 Å². The van der Waals surface area contributed by atoms with Gasteiger partial charge in [0.25, 0.3) is 5.91 Å². The molecule has 0 spiro atoms. The summed E-state index contributed by atoms with van der Waals surface area (Å²) in [5, 5.41) is 3.41. The molecule has 0 saturated carbocycles. The molecule has 0 bridgehead atoms. The quantitative estimate of drug-likeness (QED) is 0.321. The largest absolute Gasteiger partial charge is 0.460 e. The molecule has 7 nitrogen and oxygen atoms in total. The molecule has 3 N–H and O–H groups in total. The molecule has 3 rings (SSSR count). The van der Waals surface area contributed by atoms with E-state index in [1.54, 1.807) is 24.3 Å². The number of aromatic nitrogens is 2. The third kappa shape index (κ3) is 6.16. The number of amides is 1. The SMILES string of the molecule is Nc1nc(SCC(=O)OCc2ccc(Cl)cc2)ncc1C(=O)Nc1ccc(F)cc1. The lowest BCUT2D eigenvalue weighted by molar-refractivity contribution is -0.141. The Labute approximate surface area is 180 Å². The lowest BCUT2D eigenvalue weighted by Crippen LogP contribution is -2.16. The van der Waals surface area contributed by atoms with Crippen LogP contribution in [0.25, 0.3) is 0 Å². The maximum absolute atomic E-state index is 12.9. The normalized spacial score (nSPS) is 10.5. The van der Waals surface area contributed by atoms with Crippen molar-refractivity contribution in [3.63, 3.8) is 0 Å². The van der Waals surface area contributed by atoms with Gasteiger partial charge in [0.1, 0.15) is 23.8 Å². The third-order valence-corrected chi connectivity index (χ3v) is 4.86. The smallest absolute Gasteiger partial charge is 0.316 e. The topological polar surface area (TPSA) is 107 Å². The van der Waals surface area contributed by atoms with E-state index in [4.69, 9.17) is 22.1 Å². The molecule has 30 heavy (non-hydrogen) atoms. The number of esters is 1. The van der Waals surface area contributed by atoms with Gasteiger partial charge in [-0.2, -0.15) is 0 Å². The van der Waals surface area contributed by atoms with E-state index in [9.17, 15) is 14.0 Å². The molecule has 0 radical (unpaired) electrons. The number of carbonyl (C=O) groups excluding carboxylic acids is 2. The second-order valence-electron chi connectivity index (χ2n) is 5.99. The number of halogens is 2. The lowest BCUT2D eigenvalue weighted by atomic mass is 10.2. The van der Waals surface area contributed by atoms with Crippen molar-refractivity contribution in [2.24, 2.45) is 0 Å². The minimum Gasteiger partial charge on any atom is -0.460 e. The Morgan fingerprint density at radius 2 is 1.83 bits per heavy atom. The van der Waals surface area contributed by atoms with Crippen molar-refractivity contribution in [3.8, 4) is 0 Å². The van der Waals surface area contributed by atoms with Crippen LogP contribution in [0.5, 0.6) is 0 Å². The summed E-state index contributed by atoms with van der Waals surface area (Å²) < 4.78 is 18.1. The van der Waals surface area contributed by atoms with Gasteiger partial charge in [0, 0.05) is 16.9 Å². The molecule has 154 valence electrons. The van der Waals surface area contributed by atoms with Crippen LogP contribution in [0.3, 0.4) is 0 Å². The minimum absolute atomic E-state index is 0.0197. The average Bonchev–Trinajstić information content (AvgIpc) is 2.73. The fraction of sp³-hybridized carbons (Fsp3) is 0.100. The van der Waals surface area contributed by atoms with E-state index in [0.29, 0.717) is 10.7 Å². The Bertz CT molecular complexity index is 1050. The molecule has 0 fully saturated rings. The van der Waals surface area contributed by atoms with Crippen LogP contribution in [0, 0.1) is 5.82 Å². The van der Waals surface area contributed by atoms with Crippen molar-refractivity contribution < 1.29 is 18.7 Å². The Kier molecular flexibility index (Phi) is 7.21. The van der Waals surface area contributed by atoms with Crippen LogP contribution in [0.1, 0.15) is 15.9 Å². The molecule has 0 aliphatic carbocycles. The van der Waals surface area contributed by atoms with Crippen molar-refractivity contribution >= 4 is 46.7 Å². The number of benzene rings is 2. The van der Waals surface area contributed by atoms with Crippen molar-refractivity contribution in [3.05, 3.63) is 76.7 Å². The highest BCUT2D eigenvalue weighted by molar-refractivity contribution is 7.99. The second kappa shape index (κ2) is 10.0. The number of anilines is 2. The summed E-state index contributed by atoms with van der Waals surface area (Å²) in [4.78, 5) is 32.3. The Hall–Kier alpha value is -3.17. The summed E-state index contributed by atoms with van der Waals surface area (Å²) >= 11 is 6.84. The number of hydrogen-bond acceptors (Lipinski definition) is 7. The van der Waals surface area contributed by atoms with Gasteiger partial charge < -0.3 is 15.8 Å². The molecule has 10 heteroatoms. The van der Waals surface area contributed by atoms with E-state index in [-0.39, 0.29) is 28.9 Å². The summed E-state index contributed by atoms with van der Waals surface area (Å²) in [7, 11) is 0. The number of nitrogens with two attached hydrogens (primary N) is 1. The molecule has 0 aliphatic rings. The molecule has 0 atom stereocenters. The number of carbonyl (C=O) groups is 2. The third-order valence-electron chi connectivity index (χ3n) is 3.78. The molecule has 2 aromatic carbocycles. The molecular weight excluding hydrogens is 431 g/mol. The van der Waals surface area contributed by atoms with Crippen molar-refractivity contribution in [2.45, 2.75) is 11.8 Å². The highest BCUT2D eigenvalue weighted by atomic mass is 35.5. The van der Waals surface area contributed by atoms with Gasteiger partial charge in [-0.1, -0.05) is 35.5 Å². The fourth-order valence-electron chi connectivity index (χ4n) is 2.26. The van der Waals surface area contributed by atoms with Crippen LogP contribution in [0.2, 0.25) is 5.02 Å². The predicted molar refractivity (Wildman–Crippen MR) is 113 cm³/mol. The fourth-order valence-corrected chi connectivity index (χ4v) is 3.01. The first-order valence-electron chi connectivity index (χ1n) is 8.63. The first-order chi connectivity index (χ1) is 14.4. The van der Waals surface area contributed by atoms with Gasteiger partial charge in [-0.3, -0.25) is 9.59 Å². The Balaban J connectivity index is 1.51. The minimum atomic E-state index is -0.530. The van der Waals surface area contributed by atoms with Crippen molar-refractivity contribution in [1.82, 2.24) is 9.97 Å². The molecular formula is C20H16ClFN4O3S. The molecule has 0 unspecified atom stereocenters. The van der Waals surface area contributed by atoms with Gasteiger partial charge in [-0.05, 0) is 42.0 Å². The summed E-state index contributed by atoms with van der Waals surface area (Å²) in [6, 6.07) is 12.2. The molecule has 3 aromatic rings. The number of nitrogen functional groups attached to an aromatic ring is 1. The molecule has 0 saturated heterocycles. The van der Waals surface area contributed by atoms with E-state index < -0.39 is 17.7 Å². The van der Waals surface area contributed by atoms with E-state index >= 15 is 0 Å². The number of nitrogens with one attached hydrogen (secondary N) is 1. The van der Waals surface area contributed by atoms with Crippen molar-refractivity contribution in [2.75, 3.05) is 16.8 Å². The standard InChI is InChI=1S/C20H16ClFN4O3S/c21-13-3-1-12(2-4-13)10-29-17(27)11-30-20-24-9-16(18(23)26-20)19(28)25-15-7-5-14(22)6-8-15/h1-9H,10-11H2,(H,25,28)(H2,23,24,26). The lowest BCUT2D eigenvalue weighted by Gasteiger charge is -2.08. The second-order valence-corrected chi connectivity index (χ2v) is 7.37. The van der Waals surface area contributed by atoms with E-state index in [1.165, 1.54) is 30.5 Å². The average molecular weight is 447 g/mol. The van der Waals surface area contributed by atoms with Gasteiger partial charge in [-0.25, -0.2) is 14.4 Å². The van der Waals surface area contributed by atoms with Gasteiger partial charge in [0.15, 0.2) is 5.16 Å². The number of thioether (sulfide) groups is 1. The van der Waals surface area contributed by atoms with E-state index in [0.717, 1.165) is 17.3 Å². The highest BCUT2D eigenvalue weighted by Gasteiger charge is 2.14. The summed E-state index contributed by atoms with van der Waals surface area (Å²) in [6.45, 7) is 0.127. The van der Waals surface area contributed by atoms with E-state index in [1.807, 2.05) is 0 Å². The summed E-state index contributed by atoms with van der Waals surface area (Å²) in [6.07, 6.45) is 1.27. The molecule has 1 aromatic heterocycles. The van der Waals surface area contributed by atoms with Crippen LogP contribution in [0.15, 0.2) is 59.9 Å². The Morgan fingerprint density at radius 1 is 1.13 bits per heavy atom. The van der Waals surface area contributed by atoms with Gasteiger partial charge in [0.05, 0.1) is 5.75 Å². The molecule has 0 aliphatic heterocycles. The predicted octanol–water partition coefficient (Wildman–Crippen LogP) is 3.94. The van der Waals surface area contributed by atoms with Crippen LogP contribution < -0.4 is 11.1 Å². The highest BCUT2D eigenvalue weighted by Crippen LogP contribution is 2.18. The first-order valence-corrected chi connectivity index (χ1v) is 9.99. The molecule has 1 heterocycles. The van der Waals surface area contributed by atoms with E-state index in [2.05, 4.69) is 15.3 Å². The summed E-state index contributed by atoms with van der Waals surface area (Å²) in [5.41, 5.74) is 7.12. The zero-order valence-corrected chi connectivity index (χ0v) is 17.0. The van der Waals surface area contributed by atoms with Crippen LogP contribution in [0.4, 0.5) is 15.9 Å². The maximum atomic E-state index is 12.9. The Morgan fingerprint density at radius 3 is 2.50 bits per heavy atom. The molecule has 1 amide bonds. The van der Waals surface area contributed by atoms with Crippen LogP contribution in [-0.4, -0.2) is 27.6 Å².